The lowest BCUT2D eigenvalue weighted by atomic mass is 10.0. The van der Waals surface area contributed by atoms with Gasteiger partial charge in [0.25, 0.3) is 0 Å². The number of benzene rings is 2. The average Bonchev–Trinajstić information content (AvgIpc) is 3.04. The molecule has 1 unspecified atom stereocenters. The van der Waals surface area contributed by atoms with Crippen LogP contribution in [0.25, 0.3) is 11.0 Å². The van der Waals surface area contributed by atoms with Crippen molar-refractivity contribution in [1.82, 2.24) is 14.5 Å². The molecule has 1 saturated heterocycles. The van der Waals surface area contributed by atoms with E-state index in [0.29, 0.717) is 13.0 Å². The molecule has 1 aliphatic rings. The Balaban J connectivity index is 1.53. The number of piperidine rings is 1. The van der Waals surface area contributed by atoms with Crippen LogP contribution in [0, 0.1) is 0 Å². The van der Waals surface area contributed by atoms with Crippen LogP contribution >= 0.6 is 0 Å². The molecule has 0 radical (unpaired) electrons. The maximum Gasteiger partial charge on any atom is 0.326 e. The number of likely N-dealkylation sites (tertiary alicyclic amines) is 1. The number of nitrogens with zero attached hydrogens (tertiary/aromatic N) is 2. The molecule has 1 N–H and O–H groups in total. The maximum atomic E-state index is 12.8. The summed E-state index contributed by atoms with van der Waals surface area (Å²) in [4.78, 5) is 30.1. The maximum absolute atomic E-state index is 12.8. The molecule has 4 rings (SSSR count). The van der Waals surface area contributed by atoms with Crippen LogP contribution < -0.4 is 10.4 Å². The Hall–Kier alpha value is -3.02. The molecule has 0 bridgehead atoms. The van der Waals surface area contributed by atoms with Crippen LogP contribution in [0.2, 0.25) is 0 Å². The third kappa shape index (κ3) is 3.47. The molecule has 1 aliphatic heterocycles. The summed E-state index contributed by atoms with van der Waals surface area (Å²) < 4.78 is 7.04. The Morgan fingerprint density at radius 1 is 1.22 bits per heavy atom. The SMILES string of the molecule is COc1cccc(CC(=O)N2CCCC(n3c(=O)[nH]c4ccccc43)C2)c1. The number of H-pyrrole nitrogens is 1. The van der Waals surface area contributed by atoms with E-state index < -0.39 is 0 Å². The van der Waals surface area contributed by atoms with Crippen LogP contribution in [0.5, 0.6) is 5.75 Å². The van der Waals surface area contributed by atoms with Gasteiger partial charge in [0.05, 0.1) is 30.6 Å². The summed E-state index contributed by atoms with van der Waals surface area (Å²) in [5.74, 6) is 0.836. The van der Waals surface area contributed by atoms with Gasteiger partial charge in [-0.2, -0.15) is 0 Å². The molecular weight excluding hydrogens is 342 g/mol. The van der Waals surface area contributed by atoms with Crippen molar-refractivity contribution in [2.24, 2.45) is 0 Å². The zero-order valence-corrected chi connectivity index (χ0v) is 15.4. The first-order valence-electron chi connectivity index (χ1n) is 9.25. The Bertz CT molecular complexity index is 1020. The first kappa shape index (κ1) is 17.4. The first-order chi connectivity index (χ1) is 13.2. The van der Waals surface area contributed by atoms with Crippen LogP contribution in [0.4, 0.5) is 0 Å². The van der Waals surface area contributed by atoms with Crippen LogP contribution in [0.15, 0.2) is 53.3 Å². The fraction of sp³-hybridized carbons (Fsp3) is 0.333. The molecule has 1 amide bonds. The van der Waals surface area contributed by atoms with E-state index in [2.05, 4.69) is 4.98 Å². The summed E-state index contributed by atoms with van der Waals surface area (Å²) in [6.07, 6.45) is 2.12. The first-order valence-corrected chi connectivity index (χ1v) is 9.25. The van der Waals surface area contributed by atoms with Gasteiger partial charge in [0.1, 0.15) is 5.75 Å². The van der Waals surface area contributed by atoms with E-state index in [1.807, 2.05) is 53.4 Å². The minimum atomic E-state index is -0.108. The Morgan fingerprint density at radius 3 is 2.93 bits per heavy atom. The van der Waals surface area contributed by atoms with E-state index in [-0.39, 0.29) is 17.6 Å². The molecule has 27 heavy (non-hydrogen) atoms. The highest BCUT2D eigenvalue weighted by molar-refractivity contribution is 5.79. The van der Waals surface area contributed by atoms with Crippen LogP contribution in [0.3, 0.4) is 0 Å². The minimum absolute atomic E-state index is 0.00309. The van der Waals surface area contributed by atoms with Gasteiger partial charge in [-0.25, -0.2) is 4.79 Å². The van der Waals surface area contributed by atoms with Crippen molar-refractivity contribution in [2.45, 2.75) is 25.3 Å². The van der Waals surface area contributed by atoms with E-state index in [4.69, 9.17) is 4.74 Å². The number of fused-ring (bicyclic) bond motifs is 1. The number of aromatic nitrogens is 2. The van der Waals surface area contributed by atoms with E-state index in [9.17, 15) is 9.59 Å². The number of imidazole rings is 1. The second-order valence-electron chi connectivity index (χ2n) is 6.98. The fourth-order valence-electron chi connectivity index (χ4n) is 3.90. The fourth-order valence-corrected chi connectivity index (χ4v) is 3.90. The Kier molecular flexibility index (Phi) is 4.71. The van der Waals surface area contributed by atoms with Crippen LogP contribution in [-0.2, 0) is 11.2 Å². The van der Waals surface area contributed by atoms with Crippen molar-refractivity contribution in [1.29, 1.82) is 0 Å². The second-order valence-corrected chi connectivity index (χ2v) is 6.98. The van der Waals surface area contributed by atoms with Crippen molar-refractivity contribution >= 4 is 16.9 Å². The van der Waals surface area contributed by atoms with Gasteiger partial charge in [-0.3, -0.25) is 9.36 Å². The van der Waals surface area contributed by atoms with E-state index in [1.54, 1.807) is 11.7 Å². The van der Waals surface area contributed by atoms with Gasteiger partial charge >= 0.3 is 5.69 Å². The minimum Gasteiger partial charge on any atom is -0.497 e. The van der Waals surface area contributed by atoms with Crippen molar-refractivity contribution in [3.63, 3.8) is 0 Å². The smallest absolute Gasteiger partial charge is 0.326 e. The molecule has 6 heteroatoms. The third-order valence-electron chi connectivity index (χ3n) is 5.23. The largest absolute Gasteiger partial charge is 0.497 e. The lowest BCUT2D eigenvalue weighted by molar-refractivity contribution is -0.132. The predicted octanol–water partition coefficient (Wildman–Crippen LogP) is 2.74. The monoisotopic (exact) mass is 365 g/mol. The lowest BCUT2D eigenvalue weighted by Gasteiger charge is -2.33. The summed E-state index contributed by atoms with van der Waals surface area (Å²) in [6, 6.07) is 15.3. The molecule has 1 fully saturated rings. The number of amides is 1. The molecule has 2 heterocycles. The highest BCUT2D eigenvalue weighted by Gasteiger charge is 2.27. The highest BCUT2D eigenvalue weighted by Crippen LogP contribution is 2.24. The molecule has 2 aromatic carbocycles. The molecule has 140 valence electrons. The topological polar surface area (TPSA) is 67.3 Å². The number of nitrogens with one attached hydrogen (secondary N) is 1. The number of para-hydroxylation sites is 2. The molecular formula is C21H23N3O3. The van der Waals surface area contributed by atoms with Crippen LogP contribution in [0.1, 0.15) is 24.4 Å². The number of hydrogen-bond acceptors (Lipinski definition) is 3. The van der Waals surface area contributed by atoms with Crippen molar-refractivity contribution in [3.05, 3.63) is 64.6 Å². The van der Waals surface area contributed by atoms with E-state index in [1.165, 1.54) is 0 Å². The van der Waals surface area contributed by atoms with Crippen molar-refractivity contribution in [3.8, 4) is 5.75 Å². The molecule has 0 saturated carbocycles. The molecule has 1 atom stereocenters. The van der Waals surface area contributed by atoms with Gasteiger partial charge in [-0.1, -0.05) is 24.3 Å². The van der Waals surface area contributed by atoms with E-state index >= 15 is 0 Å². The predicted molar refractivity (Wildman–Crippen MR) is 104 cm³/mol. The number of hydrogen-bond donors (Lipinski definition) is 1. The van der Waals surface area contributed by atoms with Crippen molar-refractivity contribution < 1.29 is 9.53 Å². The zero-order chi connectivity index (χ0) is 18.8. The normalized spacial score (nSPS) is 17.2. The van der Waals surface area contributed by atoms with Gasteiger partial charge in [0, 0.05) is 13.1 Å². The third-order valence-corrected chi connectivity index (χ3v) is 5.23. The Labute approximate surface area is 157 Å². The summed E-state index contributed by atoms with van der Waals surface area (Å²) in [5.41, 5.74) is 2.56. The second kappa shape index (κ2) is 7.31. The molecule has 6 nitrogen and oxygen atoms in total. The average molecular weight is 365 g/mol. The molecule has 0 spiro atoms. The van der Waals surface area contributed by atoms with Gasteiger partial charge in [-0.15, -0.1) is 0 Å². The van der Waals surface area contributed by atoms with Gasteiger partial charge in [-0.05, 0) is 42.7 Å². The lowest BCUT2D eigenvalue weighted by Crippen LogP contribution is -2.43. The summed E-state index contributed by atoms with van der Waals surface area (Å²) in [7, 11) is 1.62. The van der Waals surface area contributed by atoms with E-state index in [0.717, 1.165) is 41.7 Å². The molecule has 1 aromatic heterocycles. The number of carbonyl (C=O) groups excluding carboxylic acids is 1. The van der Waals surface area contributed by atoms with Crippen molar-refractivity contribution in [2.75, 3.05) is 20.2 Å². The molecule has 0 aliphatic carbocycles. The molecule has 3 aromatic rings. The number of carbonyl (C=O) groups is 1. The van der Waals surface area contributed by atoms with Crippen LogP contribution in [-0.4, -0.2) is 40.6 Å². The summed E-state index contributed by atoms with van der Waals surface area (Å²) in [6.45, 7) is 1.29. The summed E-state index contributed by atoms with van der Waals surface area (Å²) >= 11 is 0. The Morgan fingerprint density at radius 2 is 2.07 bits per heavy atom. The number of aromatic amines is 1. The number of methoxy groups -OCH3 is 1. The van der Waals surface area contributed by atoms with Gasteiger partial charge in [0.2, 0.25) is 5.91 Å². The van der Waals surface area contributed by atoms with Gasteiger partial charge < -0.3 is 14.6 Å². The van der Waals surface area contributed by atoms with Gasteiger partial charge in [0.15, 0.2) is 0 Å². The number of ether oxygens (including phenoxy) is 1. The highest BCUT2D eigenvalue weighted by atomic mass is 16.5. The quantitative estimate of drug-likeness (QED) is 0.773. The standard InChI is InChI=1S/C21H23N3O3/c1-27-17-8-4-6-15(12-17)13-20(25)23-11-5-7-16(14-23)24-19-10-3-2-9-18(19)22-21(24)26/h2-4,6,8-10,12,16H,5,7,11,13-14H2,1H3,(H,22,26). The zero-order valence-electron chi connectivity index (χ0n) is 15.4. The summed E-state index contributed by atoms with van der Waals surface area (Å²) in [5, 5.41) is 0. The number of rotatable bonds is 4.